The number of nitrogens with one attached hydrogen (secondary N) is 1. The second-order valence-corrected chi connectivity index (χ2v) is 5.52. The molecule has 1 saturated heterocycles. The maximum atomic E-state index is 10.9. The Morgan fingerprint density at radius 1 is 1.50 bits per heavy atom. The molecule has 1 atom stereocenters. The van der Waals surface area contributed by atoms with Crippen molar-refractivity contribution in [3.05, 3.63) is 38.9 Å². The second-order valence-electron chi connectivity index (χ2n) is 5.08. The molecule has 1 unspecified atom stereocenters. The van der Waals surface area contributed by atoms with Gasteiger partial charge in [-0.05, 0) is 50.4 Å². The van der Waals surface area contributed by atoms with Crippen molar-refractivity contribution in [1.29, 1.82) is 0 Å². The molecule has 0 radical (unpaired) electrons. The van der Waals surface area contributed by atoms with Crippen molar-refractivity contribution in [2.75, 3.05) is 19.7 Å². The van der Waals surface area contributed by atoms with E-state index in [1.807, 2.05) is 0 Å². The van der Waals surface area contributed by atoms with Gasteiger partial charge < -0.3 is 10.1 Å². The van der Waals surface area contributed by atoms with Crippen molar-refractivity contribution in [2.45, 2.75) is 25.9 Å². The number of nitro benzene ring substituents is 1. The Morgan fingerprint density at radius 3 is 3.05 bits per heavy atom. The predicted molar refractivity (Wildman–Crippen MR) is 78.0 cm³/mol. The number of nitrogens with zero attached hydrogens (tertiary/aromatic N) is 1. The Morgan fingerprint density at radius 2 is 2.35 bits per heavy atom. The van der Waals surface area contributed by atoms with Gasteiger partial charge in [0.2, 0.25) is 0 Å². The number of halogens is 1. The average molecular weight is 299 g/mol. The fraction of sp³-hybridized carbons (Fsp3) is 0.571. The summed E-state index contributed by atoms with van der Waals surface area (Å²) in [5, 5.41) is 14.7. The molecule has 1 N–H and O–H groups in total. The van der Waals surface area contributed by atoms with Gasteiger partial charge in [-0.1, -0.05) is 11.6 Å². The third-order valence-corrected chi connectivity index (χ3v) is 3.81. The van der Waals surface area contributed by atoms with Crippen LogP contribution in [-0.4, -0.2) is 24.6 Å². The van der Waals surface area contributed by atoms with Gasteiger partial charge in [-0.25, -0.2) is 0 Å². The zero-order chi connectivity index (χ0) is 14.4. The quantitative estimate of drug-likeness (QED) is 0.498. The second kappa shape index (κ2) is 7.57. The monoisotopic (exact) mass is 298 g/mol. The molecule has 1 heterocycles. The zero-order valence-corrected chi connectivity index (χ0v) is 12.1. The molecular formula is C14H19ClN2O3. The van der Waals surface area contributed by atoms with Gasteiger partial charge >= 0.3 is 0 Å². The molecule has 0 bridgehead atoms. The average Bonchev–Trinajstić information content (AvgIpc) is 2.45. The van der Waals surface area contributed by atoms with Crippen LogP contribution in [0.3, 0.4) is 0 Å². The van der Waals surface area contributed by atoms with E-state index in [4.69, 9.17) is 16.3 Å². The molecule has 0 aliphatic carbocycles. The Labute approximate surface area is 123 Å². The Balaban J connectivity index is 1.80. The Bertz CT molecular complexity index is 462. The van der Waals surface area contributed by atoms with E-state index >= 15 is 0 Å². The third kappa shape index (κ3) is 4.44. The molecule has 1 aromatic carbocycles. The summed E-state index contributed by atoms with van der Waals surface area (Å²) in [5.74, 6) is 0.656. The smallest absolute Gasteiger partial charge is 0.276 e. The van der Waals surface area contributed by atoms with E-state index in [9.17, 15) is 10.1 Å². The van der Waals surface area contributed by atoms with Crippen LogP contribution in [0.1, 0.15) is 24.8 Å². The van der Waals surface area contributed by atoms with Crippen LogP contribution in [0.25, 0.3) is 0 Å². The maximum Gasteiger partial charge on any atom is 0.276 e. The standard InChI is InChI=1S/C14H19ClN2O3/c15-13-4-3-12(14(8-13)17(18)19)10-20-7-5-11-2-1-6-16-9-11/h3-4,8,11,16H,1-2,5-7,9-10H2. The van der Waals surface area contributed by atoms with Crippen LogP contribution in [0, 0.1) is 16.0 Å². The van der Waals surface area contributed by atoms with Crippen molar-refractivity contribution in [2.24, 2.45) is 5.92 Å². The van der Waals surface area contributed by atoms with E-state index in [1.165, 1.54) is 18.9 Å². The Kier molecular flexibility index (Phi) is 5.76. The molecule has 6 heteroatoms. The molecule has 0 aromatic heterocycles. The third-order valence-electron chi connectivity index (χ3n) is 3.57. The molecule has 5 nitrogen and oxygen atoms in total. The Hall–Kier alpha value is -1.17. The van der Waals surface area contributed by atoms with Gasteiger partial charge in [0.25, 0.3) is 5.69 Å². The summed E-state index contributed by atoms with van der Waals surface area (Å²) in [6, 6.07) is 4.67. The van der Waals surface area contributed by atoms with Crippen molar-refractivity contribution in [3.63, 3.8) is 0 Å². The van der Waals surface area contributed by atoms with Crippen LogP contribution in [-0.2, 0) is 11.3 Å². The summed E-state index contributed by atoms with van der Waals surface area (Å²) in [5.41, 5.74) is 0.595. The summed E-state index contributed by atoms with van der Waals surface area (Å²) in [6.45, 7) is 3.04. The SMILES string of the molecule is O=[N+]([O-])c1cc(Cl)ccc1COCCC1CCCNC1. The molecular weight excluding hydrogens is 280 g/mol. The van der Waals surface area contributed by atoms with E-state index in [1.54, 1.807) is 12.1 Å². The van der Waals surface area contributed by atoms with E-state index < -0.39 is 4.92 Å². The summed E-state index contributed by atoms with van der Waals surface area (Å²) in [7, 11) is 0. The molecule has 110 valence electrons. The highest BCUT2D eigenvalue weighted by molar-refractivity contribution is 6.30. The molecule has 1 aliphatic rings. The largest absolute Gasteiger partial charge is 0.376 e. The molecule has 0 spiro atoms. The maximum absolute atomic E-state index is 10.9. The van der Waals surface area contributed by atoms with Crippen LogP contribution in [0.2, 0.25) is 5.02 Å². The number of ether oxygens (including phenoxy) is 1. The molecule has 0 saturated carbocycles. The lowest BCUT2D eigenvalue weighted by molar-refractivity contribution is -0.385. The van der Waals surface area contributed by atoms with E-state index in [0.717, 1.165) is 19.5 Å². The van der Waals surface area contributed by atoms with Crippen molar-refractivity contribution >= 4 is 17.3 Å². The first-order chi connectivity index (χ1) is 9.66. The number of hydrogen-bond donors (Lipinski definition) is 1. The summed E-state index contributed by atoms with van der Waals surface area (Å²) in [4.78, 5) is 10.5. The van der Waals surface area contributed by atoms with Crippen molar-refractivity contribution in [3.8, 4) is 0 Å². The van der Waals surface area contributed by atoms with Crippen molar-refractivity contribution < 1.29 is 9.66 Å². The summed E-state index contributed by atoms with van der Waals surface area (Å²) >= 11 is 5.77. The highest BCUT2D eigenvalue weighted by Gasteiger charge is 2.15. The summed E-state index contributed by atoms with van der Waals surface area (Å²) in [6.07, 6.45) is 3.44. The van der Waals surface area contributed by atoms with Gasteiger partial charge in [0.05, 0.1) is 17.1 Å². The van der Waals surface area contributed by atoms with Gasteiger partial charge in [0.1, 0.15) is 0 Å². The van der Waals surface area contributed by atoms with Gasteiger partial charge in [-0.2, -0.15) is 0 Å². The number of piperidine rings is 1. The highest BCUT2D eigenvalue weighted by atomic mass is 35.5. The van der Waals surface area contributed by atoms with Crippen LogP contribution in [0.4, 0.5) is 5.69 Å². The minimum Gasteiger partial charge on any atom is -0.376 e. The minimum atomic E-state index is -0.421. The van der Waals surface area contributed by atoms with Crippen molar-refractivity contribution in [1.82, 2.24) is 5.32 Å². The number of benzene rings is 1. The van der Waals surface area contributed by atoms with Crippen LogP contribution in [0.5, 0.6) is 0 Å². The van der Waals surface area contributed by atoms with Gasteiger partial charge in [-0.15, -0.1) is 0 Å². The molecule has 0 amide bonds. The molecule has 20 heavy (non-hydrogen) atoms. The fourth-order valence-electron chi connectivity index (χ4n) is 2.43. The van der Waals surface area contributed by atoms with E-state index in [0.29, 0.717) is 23.1 Å². The minimum absolute atomic E-state index is 0.0248. The van der Waals surface area contributed by atoms with Gasteiger partial charge in [0.15, 0.2) is 0 Å². The molecule has 2 rings (SSSR count). The predicted octanol–water partition coefficient (Wildman–Crippen LogP) is 3.15. The topological polar surface area (TPSA) is 64.4 Å². The first-order valence-corrected chi connectivity index (χ1v) is 7.26. The fourth-order valence-corrected chi connectivity index (χ4v) is 2.60. The van der Waals surface area contributed by atoms with E-state index in [-0.39, 0.29) is 12.3 Å². The van der Waals surface area contributed by atoms with Crippen LogP contribution >= 0.6 is 11.6 Å². The van der Waals surface area contributed by atoms with E-state index in [2.05, 4.69) is 5.32 Å². The first-order valence-electron chi connectivity index (χ1n) is 6.88. The first kappa shape index (κ1) is 15.2. The normalized spacial score (nSPS) is 18.9. The lowest BCUT2D eigenvalue weighted by atomic mass is 9.97. The lowest BCUT2D eigenvalue weighted by Crippen LogP contribution is -2.30. The molecule has 1 fully saturated rings. The lowest BCUT2D eigenvalue weighted by Gasteiger charge is -2.22. The zero-order valence-electron chi connectivity index (χ0n) is 11.3. The highest BCUT2D eigenvalue weighted by Crippen LogP contribution is 2.24. The van der Waals surface area contributed by atoms with Gasteiger partial charge in [0, 0.05) is 17.7 Å². The molecule has 1 aliphatic heterocycles. The van der Waals surface area contributed by atoms with Crippen LogP contribution in [0.15, 0.2) is 18.2 Å². The van der Waals surface area contributed by atoms with Crippen LogP contribution < -0.4 is 5.32 Å². The number of rotatable bonds is 6. The number of hydrogen-bond acceptors (Lipinski definition) is 4. The molecule has 1 aromatic rings. The van der Waals surface area contributed by atoms with Gasteiger partial charge in [-0.3, -0.25) is 10.1 Å². The number of nitro groups is 1. The summed E-state index contributed by atoms with van der Waals surface area (Å²) < 4.78 is 5.58.